The molecule has 0 aliphatic carbocycles. The molecule has 0 radical (unpaired) electrons. The summed E-state index contributed by atoms with van der Waals surface area (Å²) < 4.78 is 0. The van der Waals surface area contributed by atoms with Gasteiger partial charge in [0, 0.05) is 31.9 Å². The first-order valence-electron chi connectivity index (χ1n) is 7.23. The van der Waals surface area contributed by atoms with E-state index in [1.807, 2.05) is 13.8 Å². The fraction of sp³-hybridized carbons (Fsp3) is 0.625. The van der Waals surface area contributed by atoms with Crippen molar-refractivity contribution in [3.8, 4) is 0 Å². The van der Waals surface area contributed by atoms with E-state index in [1.54, 1.807) is 0 Å². The van der Waals surface area contributed by atoms with Crippen LogP contribution >= 0.6 is 0 Å². The molecule has 1 aliphatic rings. The van der Waals surface area contributed by atoms with E-state index in [2.05, 4.69) is 48.9 Å². The number of hydrogen-bond donors (Lipinski definition) is 0. The Morgan fingerprint density at radius 2 is 1.67 bits per heavy atom. The van der Waals surface area contributed by atoms with Gasteiger partial charge >= 0.3 is 0 Å². The van der Waals surface area contributed by atoms with Gasteiger partial charge in [0.05, 0.1) is 0 Å². The summed E-state index contributed by atoms with van der Waals surface area (Å²) in [6.07, 6.45) is 1.13. The molecule has 0 saturated carbocycles. The van der Waals surface area contributed by atoms with E-state index in [4.69, 9.17) is 0 Å². The molecule has 0 atom stereocenters. The van der Waals surface area contributed by atoms with E-state index in [-0.39, 0.29) is 0 Å². The lowest BCUT2D eigenvalue weighted by atomic mass is 10.1. The van der Waals surface area contributed by atoms with Gasteiger partial charge in [0.1, 0.15) is 0 Å². The van der Waals surface area contributed by atoms with Gasteiger partial charge in [0.2, 0.25) is 0 Å². The van der Waals surface area contributed by atoms with Crippen LogP contribution in [0.1, 0.15) is 31.9 Å². The Kier molecular flexibility index (Phi) is 6.20. The Labute approximate surface area is 113 Å². The number of rotatable bonds is 2. The van der Waals surface area contributed by atoms with Gasteiger partial charge in [-0.1, -0.05) is 38.5 Å². The Balaban J connectivity index is 0.000000771. The lowest BCUT2D eigenvalue weighted by molar-refractivity contribution is 0.312. The van der Waals surface area contributed by atoms with Crippen molar-refractivity contribution in [1.82, 2.24) is 4.90 Å². The van der Waals surface area contributed by atoms with E-state index in [0.717, 1.165) is 19.5 Å². The first-order chi connectivity index (χ1) is 8.70. The van der Waals surface area contributed by atoms with Crippen LogP contribution in [0.4, 0.5) is 5.69 Å². The van der Waals surface area contributed by atoms with E-state index in [0.29, 0.717) is 0 Å². The Bertz CT molecular complexity index is 352. The minimum atomic E-state index is 1.13. The molecule has 1 aromatic rings. The Morgan fingerprint density at radius 3 is 2.22 bits per heavy atom. The van der Waals surface area contributed by atoms with Gasteiger partial charge in [-0.05, 0) is 32.0 Å². The van der Waals surface area contributed by atoms with Crippen molar-refractivity contribution in [2.24, 2.45) is 0 Å². The summed E-state index contributed by atoms with van der Waals surface area (Å²) in [6.45, 7) is 13.1. The molecular formula is C16H28N2. The summed E-state index contributed by atoms with van der Waals surface area (Å²) >= 11 is 0. The molecule has 2 heteroatoms. The third kappa shape index (κ3) is 3.74. The van der Waals surface area contributed by atoms with Crippen LogP contribution in [0.25, 0.3) is 0 Å². The summed E-state index contributed by atoms with van der Waals surface area (Å²) in [6, 6.07) is 6.85. The molecule has 0 bridgehead atoms. The molecule has 0 spiro atoms. The molecule has 1 aromatic carbocycles. The van der Waals surface area contributed by atoms with Crippen LogP contribution in [0.15, 0.2) is 18.2 Å². The number of benzene rings is 1. The second-order valence-electron chi connectivity index (χ2n) is 4.78. The van der Waals surface area contributed by atoms with Gasteiger partial charge in [-0.25, -0.2) is 0 Å². The number of hydrogen-bond acceptors (Lipinski definition) is 2. The number of nitrogens with zero attached hydrogens (tertiary/aromatic N) is 2. The van der Waals surface area contributed by atoms with E-state index >= 15 is 0 Å². The van der Waals surface area contributed by atoms with Crippen molar-refractivity contribution < 1.29 is 0 Å². The molecule has 0 aromatic heterocycles. The predicted octanol–water partition coefficient (Wildman–Crippen LogP) is 3.34. The highest BCUT2D eigenvalue weighted by Crippen LogP contribution is 2.23. The molecule has 1 fully saturated rings. The second kappa shape index (κ2) is 7.42. The van der Waals surface area contributed by atoms with Crippen molar-refractivity contribution in [2.75, 3.05) is 38.1 Å². The normalized spacial score (nSPS) is 16.2. The van der Waals surface area contributed by atoms with Gasteiger partial charge in [0.15, 0.2) is 0 Å². The van der Waals surface area contributed by atoms with Crippen molar-refractivity contribution in [1.29, 1.82) is 0 Å². The van der Waals surface area contributed by atoms with Crippen LogP contribution in [0.3, 0.4) is 0 Å². The molecule has 102 valence electrons. The molecule has 2 nitrogen and oxygen atoms in total. The summed E-state index contributed by atoms with van der Waals surface area (Å²) in [5, 5.41) is 0. The van der Waals surface area contributed by atoms with Gasteiger partial charge in [-0.3, -0.25) is 0 Å². The SMILES string of the molecule is CC.CCc1cc(C)ccc1N1CCN(C)CC1. The first-order valence-corrected chi connectivity index (χ1v) is 7.23. The van der Waals surface area contributed by atoms with Crippen LogP contribution in [-0.2, 0) is 6.42 Å². The first kappa shape index (κ1) is 15.0. The lowest BCUT2D eigenvalue weighted by Gasteiger charge is -2.35. The van der Waals surface area contributed by atoms with Crippen molar-refractivity contribution in [2.45, 2.75) is 34.1 Å². The van der Waals surface area contributed by atoms with Crippen LogP contribution in [0.5, 0.6) is 0 Å². The molecular weight excluding hydrogens is 220 g/mol. The maximum atomic E-state index is 2.53. The molecule has 0 N–H and O–H groups in total. The van der Waals surface area contributed by atoms with Gasteiger partial charge in [-0.15, -0.1) is 0 Å². The van der Waals surface area contributed by atoms with Crippen LogP contribution in [-0.4, -0.2) is 38.1 Å². The number of likely N-dealkylation sites (N-methyl/N-ethyl adjacent to an activating group) is 1. The second-order valence-corrected chi connectivity index (χ2v) is 4.78. The monoisotopic (exact) mass is 248 g/mol. The van der Waals surface area contributed by atoms with Crippen molar-refractivity contribution >= 4 is 5.69 Å². The zero-order valence-electron chi connectivity index (χ0n) is 12.7. The highest BCUT2D eigenvalue weighted by Gasteiger charge is 2.16. The lowest BCUT2D eigenvalue weighted by Crippen LogP contribution is -2.44. The average Bonchev–Trinajstić information content (AvgIpc) is 2.42. The van der Waals surface area contributed by atoms with Gasteiger partial charge in [0.25, 0.3) is 0 Å². The fourth-order valence-corrected chi connectivity index (χ4v) is 2.35. The summed E-state index contributed by atoms with van der Waals surface area (Å²) in [7, 11) is 2.20. The zero-order valence-corrected chi connectivity index (χ0v) is 12.7. The minimum absolute atomic E-state index is 1.13. The molecule has 2 rings (SSSR count). The zero-order chi connectivity index (χ0) is 13.5. The molecule has 0 amide bonds. The molecule has 1 aliphatic heterocycles. The largest absolute Gasteiger partial charge is 0.369 e. The number of piperazine rings is 1. The van der Waals surface area contributed by atoms with E-state index in [1.165, 1.54) is 29.9 Å². The predicted molar refractivity (Wildman–Crippen MR) is 81.6 cm³/mol. The molecule has 18 heavy (non-hydrogen) atoms. The topological polar surface area (TPSA) is 6.48 Å². The maximum Gasteiger partial charge on any atom is 0.0399 e. The molecule has 0 unspecified atom stereocenters. The van der Waals surface area contributed by atoms with E-state index < -0.39 is 0 Å². The Morgan fingerprint density at radius 1 is 1.06 bits per heavy atom. The van der Waals surface area contributed by atoms with Crippen molar-refractivity contribution in [3.05, 3.63) is 29.3 Å². The summed E-state index contributed by atoms with van der Waals surface area (Å²) in [5.41, 5.74) is 4.31. The summed E-state index contributed by atoms with van der Waals surface area (Å²) in [4.78, 5) is 4.93. The third-order valence-electron chi connectivity index (χ3n) is 3.46. The van der Waals surface area contributed by atoms with Crippen molar-refractivity contribution in [3.63, 3.8) is 0 Å². The average molecular weight is 248 g/mol. The standard InChI is InChI=1S/C14H22N2.C2H6/c1-4-13-11-12(2)5-6-14(13)16-9-7-15(3)8-10-16;1-2/h5-6,11H,4,7-10H2,1-3H3;1-2H3. The fourth-order valence-electron chi connectivity index (χ4n) is 2.35. The van der Waals surface area contributed by atoms with Gasteiger partial charge in [-0.2, -0.15) is 0 Å². The highest BCUT2D eigenvalue weighted by atomic mass is 15.2. The summed E-state index contributed by atoms with van der Waals surface area (Å²) in [5.74, 6) is 0. The van der Waals surface area contributed by atoms with Gasteiger partial charge < -0.3 is 9.80 Å². The number of anilines is 1. The van der Waals surface area contributed by atoms with E-state index in [9.17, 15) is 0 Å². The van der Waals surface area contributed by atoms with Crippen LogP contribution in [0.2, 0.25) is 0 Å². The quantitative estimate of drug-likeness (QED) is 0.792. The highest BCUT2D eigenvalue weighted by molar-refractivity contribution is 5.55. The maximum absolute atomic E-state index is 2.53. The Hall–Kier alpha value is -1.02. The smallest absolute Gasteiger partial charge is 0.0399 e. The molecule has 1 saturated heterocycles. The number of aryl methyl sites for hydroxylation is 2. The van der Waals surface area contributed by atoms with Crippen LogP contribution < -0.4 is 4.90 Å². The third-order valence-corrected chi connectivity index (χ3v) is 3.46. The molecule has 1 heterocycles. The van der Waals surface area contributed by atoms with Crippen LogP contribution in [0, 0.1) is 6.92 Å². The minimum Gasteiger partial charge on any atom is -0.369 e.